The molecule has 0 spiro atoms. The van der Waals surface area contributed by atoms with Gasteiger partial charge in [0.25, 0.3) is 0 Å². The molecule has 3 N–H and O–H groups in total. The molecule has 0 radical (unpaired) electrons. The highest BCUT2D eigenvalue weighted by Crippen LogP contribution is 2.10. The van der Waals surface area contributed by atoms with Crippen LogP contribution in [0.25, 0.3) is 0 Å². The summed E-state index contributed by atoms with van der Waals surface area (Å²) in [7, 11) is 0. The number of benzene rings is 4. The fourth-order valence-electron chi connectivity index (χ4n) is 4.19. The van der Waals surface area contributed by atoms with Crippen LogP contribution < -0.4 is 16.2 Å². The summed E-state index contributed by atoms with van der Waals surface area (Å²) in [6.45, 7) is 14.6. The number of aryl methyl sites for hydroxylation is 2. The predicted octanol–water partition coefficient (Wildman–Crippen LogP) is 8.56. The van der Waals surface area contributed by atoms with Gasteiger partial charge in [0.2, 0.25) is 11.8 Å². The molecule has 4 aromatic rings. The van der Waals surface area contributed by atoms with Crippen LogP contribution >= 0.6 is 15.9 Å². The molecule has 3 amide bonds. The predicted molar refractivity (Wildman–Crippen MR) is 227 cm³/mol. The number of hydrogen-bond donors (Lipinski definition) is 3. The first kappa shape index (κ1) is 48.2. The molecule has 4 rings (SSSR count). The van der Waals surface area contributed by atoms with E-state index in [4.69, 9.17) is 15.9 Å². The first-order chi connectivity index (χ1) is 25.8. The lowest BCUT2D eigenvalue weighted by molar-refractivity contribution is -0.154. The molecule has 0 bridgehead atoms. The summed E-state index contributed by atoms with van der Waals surface area (Å²) < 4.78 is 11.3. The highest BCUT2D eigenvalue weighted by atomic mass is 79.9. The number of esters is 1. The zero-order chi connectivity index (χ0) is 41.0. The lowest BCUT2D eigenvalue weighted by Gasteiger charge is -2.19. The summed E-state index contributed by atoms with van der Waals surface area (Å²) >= 11 is 3.35. The highest BCUT2D eigenvalue weighted by molar-refractivity contribution is 9.10. The van der Waals surface area contributed by atoms with Crippen LogP contribution in [0.5, 0.6) is 0 Å². The Morgan fingerprint density at radius 2 is 1.02 bits per heavy atom. The monoisotopic (exact) mass is 823 g/mol. The number of rotatable bonds is 6. The molecular weight excluding hydrogens is 770 g/mol. The second-order valence-corrected chi connectivity index (χ2v) is 15.3. The number of nitrogens with one attached hydrogen (secondary N) is 3. The lowest BCUT2D eigenvalue weighted by atomic mass is 10.1. The van der Waals surface area contributed by atoms with Gasteiger partial charge in [-0.25, -0.2) is 10.2 Å². The Labute approximate surface area is 341 Å². The van der Waals surface area contributed by atoms with E-state index in [1.54, 1.807) is 65.8 Å². The Balaban J connectivity index is 0.000000473. The van der Waals surface area contributed by atoms with Gasteiger partial charge in [0, 0.05) is 21.2 Å². The zero-order valence-electron chi connectivity index (χ0n) is 32.8. The van der Waals surface area contributed by atoms with Gasteiger partial charge in [0.15, 0.2) is 0 Å². The van der Waals surface area contributed by atoms with Crippen molar-refractivity contribution < 1.29 is 28.7 Å². The summed E-state index contributed by atoms with van der Waals surface area (Å²) in [5.41, 5.74) is 10.1. The fourth-order valence-corrected chi connectivity index (χ4v) is 4.45. The van der Waals surface area contributed by atoms with Crippen LogP contribution in [-0.4, -0.2) is 41.6 Å². The van der Waals surface area contributed by atoms with Crippen molar-refractivity contribution in [2.75, 3.05) is 6.54 Å². The second kappa shape index (κ2) is 23.8. The zero-order valence-corrected chi connectivity index (χ0v) is 34.3. The first-order valence-electron chi connectivity index (χ1n) is 17.5. The van der Waals surface area contributed by atoms with E-state index in [9.17, 15) is 19.2 Å². The normalized spacial score (nSPS) is 10.1. The van der Waals surface area contributed by atoms with Gasteiger partial charge in [-0.15, -0.1) is 6.42 Å². The topological polar surface area (TPSA) is 123 Å². The van der Waals surface area contributed by atoms with Gasteiger partial charge in [0.05, 0.1) is 12.8 Å². The van der Waals surface area contributed by atoms with Crippen LogP contribution in [0.1, 0.15) is 87.9 Å². The van der Waals surface area contributed by atoms with Crippen molar-refractivity contribution in [3.63, 3.8) is 0 Å². The maximum absolute atomic E-state index is 11.9. The molecule has 0 saturated heterocycles. The maximum atomic E-state index is 11.9. The van der Waals surface area contributed by atoms with Gasteiger partial charge in [-0.2, -0.15) is 0 Å². The third kappa shape index (κ3) is 22.4. The molecule has 0 aliphatic carbocycles. The molecule has 0 unspecified atom stereocenters. The average Bonchev–Trinajstić information content (AvgIpc) is 3.11. The minimum Gasteiger partial charge on any atom is -0.459 e. The fraction of sp³-hybridized carbons (Fsp3) is 0.304. The van der Waals surface area contributed by atoms with Crippen LogP contribution in [0.2, 0.25) is 0 Å². The smallest absolute Gasteiger partial charge is 0.426 e. The van der Waals surface area contributed by atoms with Gasteiger partial charge < -0.3 is 14.8 Å². The van der Waals surface area contributed by atoms with Gasteiger partial charge in [-0.3, -0.25) is 19.8 Å². The second-order valence-electron chi connectivity index (χ2n) is 14.3. The largest absolute Gasteiger partial charge is 0.459 e. The molecule has 56 heavy (non-hydrogen) atoms. The third-order valence-electron chi connectivity index (χ3n) is 6.77. The molecule has 10 heteroatoms. The molecule has 0 heterocycles. The number of hydrazine groups is 1. The quantitative estimate of drug-likeness (QED) is 0.102. The lowest BCUT2D eigenvalue weighted by Crippen LogP contribution is -2.44. The minimum atomic E-state index is -0.697. The Hall–Kier alpha value is -5.84. The van der Waals surface area contributed by atoms with Crippen molar-refractivity contribution in [2.24, 2.45) is 0 Å². The molecular formula is C46H54BrN3O6. The van der Waals surface area contributed by atoms with E-state index in [0.29, 0.717) is 0 Å². The number of carbonyl (C=O) groups is 4. The molecule has 0 atom stereocenters. The molecule has 0 aromatic heterocycles. The van der Waals surface area contributed by atoms with E-state index in [0.717, 1.165) is 32.3 Å². The van der Waals surface area contributed by atoms with Crippen LogP contribution in [0.15, 0.2) is 102 Å². The standard InChI is InChI=1S/C22H24N2O3.C16H19NO3.C7H7Br.CH4/c1-16-5-7-17(8-6-16)9-10-18-11-13-19(14-12-18)15-20(25)23-24-21(26)27-22(2,3)4;1-5-12-6-8-13(9-7-12)10-14(18)17-11-15(19)20-16(2,3)4;1-6-2-4-7(8)5-3-6;/h5-8,11-14H,15H2,1-4H3,(H,23,25)(H,24,26);1,6-9H,10-11H2,2-4H3,(H,17,18);2-5H,1H3;1H4. The average molecular weight is 825 g/mol. The number of amides is 3. The van der Waals surface area contributed by atoms with Crippen LogP contribution in [-0.2, 0) is 36.7 Å². The summed E-state index contributed by atoms with van der Waals surface area (Å²) in [6, 6.07) is 30.8. The van der Waals surface area contributed by atoms with Gasteiger partial charge >= 0.3 is 12.1 Å². The van der Waals surface area contributed by atoms with E-state index in [1.807, 2.05) is 67.6 Å². The van der Waals surface area contributed by atoms with Crippen molar-refractivity contribution in [2.45, 2.75) is 86.9 Å². The number of hydrogen-bond acceptors (Lipinski definition) is 6. The molecule has 4 aromatic carbocycles. The number of halogens is 1. The van der Waals surface area contributed by atoms with Crippen LogP contribution in [0, 0.1) is 38.0 Å². The molecule has 0 aliphatic rings. The Morgan fingerprint density at radius 3 is 1.45 bits per heavy atom. The summed E-state index contributed by atoms with van der Waals surface area (Å²) in [4.78, 5) is 46.5. The first-order valence-corrected chi connectivity index (χ1v) is 18.3. The van der Waals surface area contributed by atoms with Crippen LogP contribution in [0.4, 0.5) is 4.79 Å². The van der Waals surface area contributed by atoms with Crippen molar-refractivity contribution in [3.05, 3.63) is 140 Å². The van der Waals surface area contributed by atoms with Crippen molar-refractivity contribution >= 4 is 39.8 Å². The van der Waals surface area contributed by atoms with Crippen molar-refractivity contribution in [3.8, 4) is 24.2 Å². The number of terminal acetylenes is 1. The van der Waals surface area contributed by atoms with E-state index in [2.05, 4.69) is 68.9 Å². The molecule has 9 nitrogen and oxygen atoms in total. The van der Waals surface area contributed by atoms with E-state index in [-0.39, 0.29) is 38.6 Å². The molecule has 0 fully saturated rings. The Morgan fingerprint density at radius 1 is 0.607 bits per heavy atom. The SMILES string of the molecule is C.C#Cc1ccc(CC(=O)NCC(=O)OC(C)(C)C)cc1.Cc1ccc(Br)cc1.Cc1ccc(C#Cc2ccc(CC(=O)NNC(=O)OC(C)(C)C)cc2)cc1. The van der Waals surface area contributed by atoms with Gasteiger partial charge in [-0.1, -0.05) is 101 Å². The van der Waals surface area contributed by atoms with Gasteiger partial charge in [0.1, 0.15) is 17.7 Å². The number of ether oxygens (including phenoxy) is 2. The minimum absolute atomic E-state index is 0. The highest BCUT2D eigenvalue weighted by Gasteiger charge is 2.17. The van der Waals surface area contributed by atoms with Crippen LogP contribution in [0.3, 0.4) is 0 Å². The van der Waals surface area contributed by atoms with Crippen molar-refractivity contribution in [1.29, 1.82) is 0 Å². The molecule has 0 aliphatic heterocycles. The molecule has 296 valence electrons. The Bertz CT molecular complexity index is 1940. The molecule has 0 saturated carbocycles. The van der Waals surface area contributed by atoms with E-state index >= 15 is 0 Å². The summed E-state index contributed by atoms with van der Waals surface area (Å²) in [6.07, 6.45) is 4.90. The summed E-state index contributed by atoms with van der Waals surface area (Å²) in [5.74, 6) is 7.70. The van der Waals surface area contributed by atoms with Crippen molar-refractivity contribution in [1.82, 2.24) is 16.2 Å². The maximum Gasteiger partial charge on any atom is 0.426 e. The van der Waals surface area contributed by atoms with E-state index in [1.165, 1.54) is 11.1 Å². The van der Waals surface area contributed by atoms with Gasteiger partial charge in [-0.05, 0) is 115 Å². The Kier molecular flexibility index (Phi) is 20.5. The third-order valence-corrected chi connectivity index (χ3v) is 7.30. The van der Waals surface area contributed by atoms with E-state index < -0.39 is 23.3 Å². The summed E-state index contributed by atoms with van der Waals surface area (Å²) in [5, 5.41) is 2.53. The number of carbonyl (C=O) groups excluding carboxylic acids is 4.